The molecule has 2 aliphatic rings. The fourth-order valence-electron chi connectivity index (χ4n) is 3.71. The highest BCUT2D eigenvalue weighted by atomic mass is 16.3. The molecule has 1 aliphatic heterocycles. The summed E-state index contributed by atoms with van der Waals surface area (Å²) >= 11 is 0. The van der Waals surface area contributed by atoms with Gasteiger partial charge in [-0.15, -0.1) is 0 Å². The Kier molecular flexibility index (Phi) is 2.78. The van der Waals surface area contributed by atoms with Crippen LogP contribution in [0.5, 0.6) is 5.75 Å². The van der Waals surface area contributed by atoms with Crippen molar-refractivity contribution in [1.29, 1.82) is 0 Å². The second kappa shape index (κ2) is 4.66. The molecule has 3 atom stereocenters. The van der Waals surface area contributed by atoms with E-state index < -0.39 is 0 Å². The maximum Gasteiger partial charge on any atom is 0.138 e. The van der Waals surface area contributed by atoms with Crippen molar-refractivity contribution in [2.45, 2.75) is 25.3 Å². The number of hydrogen-bond acceptors (Lipinski definition) is 2. The highest BCUT2D eigenvalue weighted by Crippen LogP contribution is 2.51. The zero-order valence-electron chi connectivity index (χ0n) is 12.1. The second-order valence-corrected chi connectivity index (χ2v) is 6.13. The maximum absolute atomic E-state index is 10.2. The van der Waals surface area contributed by atoms with Gasteiger partial charge in [0.25, 0.3) is 0 Å². The molecule has 0 bridgehead atoms. The molecule has 2 aromatic carbocycles. The van der Waals surface area contributed by atoms with Crippen LogP contribution in [0.15, 0.2) is 54.6 Å². The van der Waals surface area contributed by atoms with E-state index in [1.807, 2.05) is 6.07 Å². The number of anilines is 1. The van der Waals surface area contributed by atoms with Crippen LogP contribution in [-0.2, 0) is 0 Å². The van der Waals surface area contributed by atoms with Crippen LogP contribution in [0.25, 0.3) is 0 Å². The summed E-state index contributed by atoms with van der Waals surface area (Å²) in [5.41, 5.74) is 4.69. The largest absolute Gasteiger partial charge is 0.506 e. The molecule has 2 heteroatoms. The van der Waals surface area contributed by atoms with Crippen molar-refractivity contribution in [1.82, 2.24) is 0 Å². The predicted molar refractivity (Wildman–Crippen MR) is 85.6 cm³/mol. The number of nitrogens with one attached hydrogen (secondary N) is 1. The summed E-state index contributed by atoms with van der Waals surface area (Å²) in [5.74, 6) is 1.28. The lowest BCUT2D eigenvalue weighted by Gasteiger charge is -2.37. The lowest BCUT2D eigenvalue weighted by atomic mass is 9.77. The zero-order chi connectivity index (χ0) is 14.4. The van der Waals surface area contributed by atoms with Gasteiger partial charge in [-0.25, -0.2) is 0 Å². The van der Waals surface area contributed by atoms with Gasteiger partial charge in [-0.05, 0) is 36.5 Å². The number of phenols is 1. The van der Waals surface area contributed by atoms with Crippen LogP contribution in [0.1, 0.15) is 35.1 Å². The van der Waals surface area contributed by atoms with E-state index in [0.29, 0.717) is 17.6 Å². The first-order chi connectivity index (χ1) is 10.2. The van der Waals surface area contributed by atoms with E-state index in [-0.39, 0.29) is 6.04 Å². The van der Waals surface area contributed by atoms with Gasteiger partial charge in [0.2, 0.25) is 0 Å². The molecule has 0 saturated carbocycles. The summed E-state index contributed by atoms with van der Waals surface area (Å²) in [4.78, 5) is 0. The third kappa shape index (κ3) is 1.94. The molecule has 0 spiro atoms. The van der Waals surface area contributed by atoms with E-state index >= 15 is 0 Å². The summed E-state index contributed by atoms with van der Waals surface area (Å²) in [5, 5.41) is 13.8. The molecule has 1 aliphatic carbocycles. The van der Waals surface area contributed by atoms with Crippen molar-refractivity contribution in [3.05, 3.63) is 71.3 Å². The van der Waals surface area contributed by atoms with Gasteiger partial charge in [0.1, 0.15) is 5.75 Å². The zero-order valence-corrected chi connectivity index (χ0v) is 12.1. The minimum absolute atomic E-state index is 0.256. The monoisotopic (exact) mass is 277 g/mol. The van der Waals surface area contributed by atoms with Crippen molar-refractivity contribution < 1.29 is 5.11 Å². The summed E-state index contributed by atoms with van der Waals surface area (Å²) in [6, 6.07) is 14.8. The summed E-state index contributed by atoms with van der Waals surface area (Å²) in [6.07, 6.45) is 5.66. The smallest absolute Gasteiger partial charge is 0.138 e. The first-order valence-electron chi connectivity index (χ1n) is 7.55. The number of fused-ring (bicyclic) bond motifs is 3. The van der Waals surface area contributed by atoms with Crippen molar-refractivity contribution in [2.75, 3.05) is 5.32 Å². The number of rotatable bonds is 1. The molecule has 2 N–H and O–H groups in total. The number of para-hydroxylation sites is 1. The van der Waals surface area contributed by atoms with Crippen molar-refractivity contribution in [2.24, 2.45) is 5.92 Å². The Bertz CT molecular complexity index is 702. The van der Waals surface area contributed by atoms with Crippen molar-refractivity contribution in [3.8, 4) is 5.75 Å². The molecular weight excluding hydrogens is 258 g/mol. The minimum Gasteiger partial charge on any atom is -0.506 e. The Labute approximate surface area is 125 Å². The van der Waals surface area contributed by atoms with E-state index in [0.717, 1.165) is 12.1 Å². The van der Waals surface area contributed by atoms with Crippen LogP contribution < -0.4 is 5.32 Å². The van der Waals surface area contributed by atoms with Gasteiger partial charge in [-0.1, -0.05) is 54.1 Å². The highest BCUT2D eigenvalue weighted by molar-refractivity contribution is 5.67. The lowest BCUT2D eigenvalue weighted by molar-refractivity contribution is 0.415. The molecular formula is C19H19NO. The Balaban J connectivity index is 1.81. The molecule has 0 saturated heterocycles. The molecule has 0 amide bonds. The standard InChI is InChI=1S/C19H19NO/c1-12-8-10-13(11-9-12)18-15-5-2-4-14(15)16-6-3-7-17(21)19(16)20-18/h2-4,6-11,14-15,18,20-21H,5H2,1H3. The minimum atomic E-state index is 0.256. The summed E-state index contributed by atoms with van der Waals surface area (Å²) in [6.45, 7) is 2.11. The molecule has 0 fully saturated rings. The van der Waals surface area contributed by atoms with Gasteiger partial charge in [-0.3, -0.25) is 0 Å². The molecule has 3 unspecified atom stereocenters. The number of aryl methyl sites for hydroxylation is 1. The van der Waals surface area contributed by atoms with Crippen LogP contribution >= 0.6 is 0 Å². The Morgan fingerprint density at radius 1 is 1.10 bits per heavy atom. The van der Waals surface area contributed by atoms with Gasteiger partial charge in [0, 0.05) is 5.92 Å². The van der Waals surface area contributed by atoms with Crippen LogP contribution in [0.3, 0.4) is 0 Å². The van der Waals surface area contributed by atoms with Gasteiger partial charge in [0.15, 0.2) is 0 Å². The van der Waals surface area contributed by atoms with E-state index in [1.165, 1.54) is 16.7 Å². The fourth-order valence-corrected chi connectivity index (χ4v) is 3.71. The molecule has 1 heterocycles. The molecule has 2 nitrogen and oxygen atoms in total. The Morgan fingerprint density at radius 3 is 2.71 bits per heavy atom. The average Bonchev–Trinajstić information content (AvgIpc) is 2.98. The Morgan fingerprint density at radius 2 is 1.90 bits per heavy atom. The summed E-state index contributed by atoms with van der Waals surface area (Å²) in [7, 11) is 0. The number of allylic oxidation sites excluding steroid dienone is 2. The number of phenolic OH excluding ortho intramolecular Hbond substituents is 1. The highest BCUT2D eigenvalue weighted by Gasteiger charge is 2.38. The third-order valence-electron chi connectivity index (χ3n) is 4.81. The van der Waals surface area contributed by atoms with E-state index in [9.17, 15) is 5.11 Å². The third-order valence-corrected chi connectivity index (χ3v) is 4.81. The number of aromatic hydroxyl groups is 1. The fraction of sp³-hybridized carbons (Fsp3) is 0.263. The Hall–Kier alpha value is -2.22. The second-order valence-electron chi connectivity index (χ2n) is 6.13. The maximum atomic E-state index is 10.2. The summed E-state index contributed by atoms with van der Waals surface area (Å²) < 4.78 is 0. The van der Waals surface area contributed by atoms with Crippen LogP contribution in [0, 0.1) is 12.8 Å². The molecule has 0 aromatic heterocycles. The quantitative estimate of drug-likeness (QED) is 0.593. The van der Waals surface area contributed by atoms with E-state index in [4.69, 9.17) is 0 Å². The first kappa shape index (κ1) is 12.5. The number of benzene rings is 2. The molecule has 21 heavy (non-hydrogen) atoms. The van der Waals surface area contributed by atoms with Crippen LogP contribution in [0.4, 0.5) is 5.69 Å². The average molecular weight is 277 g/mol. The molecule has 2 aromatic rings. The van der Waals surface area contributed by atoms with Gasteiger partial charge in [-0.2, -0.15) is 0 Å². The van der Waals surface area contributed by atoms with E-state index in [1.54, 1.807) is 6.07 Å². The van der Waals surface area contributed by atoms with Gasteiger partial charge < -0.3 is 10.4 Å². The first-order valence-corrected chi connectivity index (χ1v) is 7.55. The topological polar surface area (TPSA) is 32.3 Å². The lowest BCUT2D eigenvalue weighted by Crippen LogP contribution is -2.29. The van der Waals surface area contributed by atoms with Crippen molar-refractivity contribution in [3.63, 3.8) is 0 Å². The van der Waals surface area contributed by atoms with Crippen LogP contribution in [0.2, 0.25) is 0 Å². The van der Waals surface area contributed by atoms with Gasteiger partial charge in [0.05, 0.1) is 11.7 Å². The predicted octanol–water partition coefficient (Wildman–Crippen LogP) is 4.53. The van der Waals surface area contributed by atoms with Crippen LogP contribution in [-0.4, -0.2) is 5.11 Å². The molecule has 106 valence electrons. The molecule has 4 rings (SSSR count). The molecule has 0 radical (unpaired) electrons. The van der Waals surface area contributed by atoms with E-state index in [2.05, 4.69) is 54.7 Å². The van der Waals surface area contributed by atoms with Gasteiger partial charge >= 0.3 is 0 Å². The number of hydrogen-bond donors (Lipinski definition) is 2. The van der Waals surface area contributed by atoms with Crippen molar-refractivity contribution >= 4 is 5.69 Å². The SMILES string of the molecule is Cc1ccc(C2Nc3c(O)cccc3C3C=CCC32)cc1. The normalized spacial score (nSPS) is 26.0.